The van der Waals surface area contributed by atoms with Gasteiger partial charge < -0.3 is 10.1 Å². The van der Waals surface area contributed by atoms with Gasteiger partial charge in [-0.1, -0.05) is 11.6 Å². The van der Waals surface area contributed by atoms with Gasteiger partial charge in [0.05, 0.1) is 17.8 Å². The predicted molar refractivity (Wildman–Crippen MR) is 91.9 cm³/mol. The molecule has 0 atom stereocenters. The highest BCUT2D eigenvalue weighted by atomic mass is 79.9. The predicted octanol–water partition coefficient (Wildman–Crippen LogP) is 4.27. The van der Waals surface area contributed by atoms with Crippen molar-refractivity contribution in [2.75, 3.05) is 12.4 Å². The van der Waals surface area contributed by atoms with E-state index in [1.54, 1.807) is 37.4 Å². The lowest BCUT2D eigenvalue weighted by Gasteiger charge is -2.04. The summed E-state index contributed by atoms with van der Waals surface area (Å²) in [4.78, 5) is 11.7. The zero-order valence-electron chi connectivity index (χ0n) is 11.6. The minimum absolute atomic E-state index is 0.439. The van der Waals surface area contributed by atoms with Gasteiger partial charge in [-0.3, -0.25) is 0 Å². The minimum Gasteiger partial charge on any atom is -0.496 e. The zero-order valence-corrected chi connectivity index (χ0v) is 14.0. The van der Waals surface area contributed by atoms with E-state index in [0.29, 0.717) is 10.7 Å². The maximum Gasteiger partial charge on any atom is 0.339 e. The maximum atomic E-state index is 11.7. The van der Waals surface area contributed by atoms with E-state index in [2.05, 4.69) is 31.8 Å². The summed E-state index contributed by atoms with van der Waals surface area (Å²) in [5.74, 6) is 0.727. The van der Waals surface area contributed by atoms with E-state index in [9.17, 15) is 4.79 Å². The molecule has 0 aliphatic carbocycles. The first-order valence-corrected chi connectivity index (χ1v) is 7.45. The van der Waals surface area contributed by atoms with Gasteiger partial charge in [0.2, 0.25) is 0 Å². The number of anilines is 1. The van der Waals surface area contributed by atoms with Crippen molar-refractivity contribution in [1.29, 1.82) is 0 Å². The van der Waals surface area contributed by atoms with Crippen molar-refractivity contribution < 1.29 is 9.53 Å². The quantitative estimate of drug-likeness (QED) is 0.613. The minimum atomic E-state index is -0.439. The molecule has 0 bridgehead atoms. The molecule has 0 heterocycles. The smallest absolute Gasteiger partial charge is 0.339 e. The number of nitrogens with one attached hydrogen (secondary N) is 2. The lowest BCUT2D eigenvalue weighted by molar-refractivity contribution is 0.252. The van der Waals surface area contributed by atoms with E-state index >= 15 is 0 Å². The fraction of sp³-hybridized carbons (Fsp3) is 0.0667. The summed E-state index contributed by atoms with van der Waals surface area (Å²) in [7, 11) is 1.59. The lowest BCUT2D eigenvalue weighted by atomic mass is 10.2. The molecular formula is C15H13BrClN3O2. The van der Waals surface area contributed by atoms with Crippen LogP contribution in [0.4, 0.5) is 10.5 Å². The van der Waals surface area contributed by atoms with E-state index in [1.165, 1.54) is 6.21 Å². The number of carbonyl (C=O) groups is 1. The molecule has 0 aliphatic heterocycles. The molecule has 22 heavy (non-hydrogen) atoms. The van der Waals surface area contributed by atoms with Crippen LogP contribution < -0.4 is 15.5 Å². The highest BCUT2D eigenvalue weighted by Crippen LogP contribution is 2.24. The third-order valence-electron chi connectivity index (χ3n) is 2.66. The van der Waals surface area contributed by atoms with Gasteiger partial charge in [-0.15, -0.1) is 0 Å². The summed E-state index contributed by atoms with van der Waals surface area (Å²) in [5, 5.41) is 7.12. The number of carbonyl (C=O) groups excluding carboxylic acids is 1. The van der Waals surface area contributed by atoms with E-state index < -0.39 is 6.03 Å². The van der Waals surface area contributed by atoms with Crippen LogP contribution in [-0.2, 0) is 0 Å². The number of hydrazone groups is 1. The summed E-state index contributed by atoms with van der Waals surface area (Å²) in [6.07, 6.45) is 1.53. The Morgan fingerprint density at radius 1 is 1.27 bits per heavy atom. The SMILES string of the molecule is COc1ccc(/C=N\NC(=O)Nc2ccc(Cl)cc2)cc1Br. The topological polar surface area (TPSA) is 62.7 Å². The van der Waals surface area contributed by atoms with Crippen LogP contribution in [0.3, 0.4) is 0 Å². The Bertz CT molecular complexity index is 690. The molecule has 0 aliphatic rings. The average molecular weight is 383 g/mol. The van der Waals surface area contributed by atoms with E-state index in [0.717, 1.165) is 15.8 Å². The molecule has 7 heteroatoms. The number of hydrogen-bond acceptors (Lipinski definition) is 3. The van der Waals surface area contributed by atoms with Gasteiger partial charge >= 0.3 is 6.03 Å². The maximum absolute atomic E-state index is 11.7. The zero-order chi connectivity index (χ0) is 15.9. The molecule has 2 amide bonds. The first-order chi connectivity index (χ1) is 10.6. The summed E-state index contributed by atoms with van der Waals surface area (Å²) in [5.41, 5.74) is 3.83. The lowest BCUT2D eigenvalue weighted by Crippen LogP contribution is -2.24. The molecule has 0 fully saturated rings. The Labute approximate surface area is 141 Å². The highest BCUT2D eigenvalue weighted by molar-refractivity contribution is 9.10. The van der Waals surface area contributed by atoms with Gasteiger partial charge in [0.25, 0.3) is 0 Å². The third-order valence-corrected chi connectivity index (χ3v) is 3.53. The number of ether oxygens (including phenoxy) is 1. The van der Waals surface area contributed by atoms with Crippen LogP contribution in [0, 0.1) is 0 Å². The molecular weight excluding hydrogens is 370 g/mol. The van der Waals surface area contributed by atoms with E-state index in [-0.39, 0.29) is 0 Å². The normalized spacial score (nSPS) is 10.5. The molecule has 0 saturated carbocycles. The molecule has 0 saturated heterocycles. The first-order valence-electron chi connectivity index (χ1n) is 6.27. The van der Waals surface area contributed by atoms with Gasteiger partial charge in [-0.2, -0.15) is 5.10 Å². The molecule has 0 radical (unpaired) electrons. The Morgan fingerprint density at radius 3 is 2.64 bits per heavy atom. The Balaban J connectivity index is 1.90. The van der Waals surface area contributed by atoms with Crippen LogP contribution in [-0.4, -0.2) is 19.4 Å². The van der Waals surface area contributed by atoms with Crippen molar-refractivity contribution in [2.24, 2.45) is 5.10 Å². The van der Waals surface area contributed by atoms with Crippen LogP contribution in [0.1, 0.15) is 5.56 Å². The summed E-state index contributed by atoms with van der Waals surface area (Å²) in [6.45, 7) is 0. The van der Waals surface area contributed by atoms with Gasteiger partial charge in [0.15, 0.2) is 0 Å². The van der Waals surface area contributed by atoms with Crippen LogP contribution in [0.15, 0.2) is 52.0 Å². The molecule has 0 aromatic heterocycles. The standard InChI is InChI=1S/C15H13BrClN3O2/c1-22-14-7-2-10(8-13(14)16)9-18-20-15(21)19-12-5-3-11(17)4-6-12/h2-9H,1H3,(H2,19,20,21)/b18-9-. The molecule has 0 unspecified atom stereocenters. The molecule has 2 aromatic carbocycles. The first kappa shape index (κ1) is 16.3. The number of halogens is 2. The monoisotopic (exact) mass is 381 g/mol. The van der Waals surface area contributed by atoms with Crippen molar-refractivity contribution in [3.8, 4) is 5.75 Å². The fourth-order valence-electron chi connectivity index (χ4n) is 1.62. The number of rotatable bonds is 4. The van der Waals surface area contributed by atoms with Crippen LogP contribution in [0.5, 0.6) is 5.75 Å². The Kier molecular flexibility index (Phi) is 5.80. The number of nitrogens with zero attached hydrogens (tertiary/aromatic N) is 1. The second kappa shape index (κ2) is 7.82. The summed E-state index contributed by atoms with van der Waals surface area (Å²) >= 11 is 9.15. The molecule has 0 spiro atoms. The third kappa shape index (κ3) is 4.75. The highest BCUT2D eigenvalue weighted by Gasteiger charge is 2.01. The number of urea groups is 1. The van der Waals surface area contributed by atoms with Crippen molar-refractivity contribution in [1.82, 2.24) is 5.43 Å². The van der Waals surface area contributed by atoms with E-state index in [4.69, 9.17) is 16.3 Å². The number of methoxy groups -OCH3 is 1. The van der Waals surface area contributed by atoms with Crippen molar-refractivity contribution in [2.45, 2.75) is 0 Å². The largest absolute Gasteiger partial charge is 0.496 e. The second-order valence-electron chi connectivity index (χ2n) is 4.23. The Hall–Kier alpha value is -2.05. The van der Waals surface area contributed by atoms with Crippen LogP contribution in [0.25, 0.3) is 0 Å². The van der Waals surface area contributed by atoms with Gasteiger partial charge in [0.1, 0.15) is 5.75 Å². The average Bonchev–Trinajstić information content (AvgIpc) is 2.50. The second-order valence-corrected chi connectivity index (χ2v) is 5.52. The number of hydrogen-bond donors (Lipinski definition) is 2. The summed E-state index contributed by atoms with van der Waals surface area (Å²) in [6, 6.07) is 11.8. The molecule has 2 N–H and O–H groups in total. The van der Waals surface area contributed by atoms with Crippen molar-refractivity contribution >= 4 is 45.5 Å². The van der Waals surface area contributed by atoms with Gasteiger partial charge in [0, 0.05) is 10.7 Å². The molecule has 114 valence electrons. The van der Waals surface area contributed by atoms with Crippen LogP contribution >= 0.6 is 27.5 Å². The Morgan fingerprint density at radius 2 is 2.00 bits per heavy atom. The van der Waals surface area contributed by atoms with E-state index in [1.807, 2.05) is 12.1 Å². The molecule has 5 nitrogen and oxygen atoms in total. The number of amides is 2. The molecule has 2 rings (SSSR count). The molecule has 2 aromatic rings. The van der Waals surface area contributed by atoms with Crippen LogP contribution in [0.2, 0.25) is 5.02 Å². The van der Waals surface area contributed by atoms with Crippen molar-refractivity contribution in [3.05, 3.63) is 57.5 Å². The fourth-order valence-corrected chi connectivity index (χ4v) is 2.30. The number of benzene rings is 2. The summed E-state index contributed by atoms with van der Waals surface area (Å²) < 4.78 is 5.95. The van der Waals surface area contributed by atoms with Gasteiger partial charge in [-0.05, 0) is 64.0 Å². The van der Waals surface area contributed by atoms with Gasteiger partial charge in [-0.25, -0.2) is 10.2 Å². The van der Waals surface area contributed by atoms with Crippen molar-refractivity contribution in [3.63, 3.8) is 0 Å².